The van der Waals surface area contributed by atoms with Crippen LogP contribution in [0.15, 0.2) is 42.5 Å². The van der Waals surface area contributed by atoms with Gasteiger partial charge < -0.3 is 9.67 Å². The molecule has 2 aromatic carbocycles. The second kappa shape index (κ2) is 5.56. The highest BCUT2D eigenvalue weighted by atomic mass is 19.1. The summed E-state index contributed by atoms with van der Waals surface area (Å²) in [6, 6.07) is 12.1. The number of fused-ring (bicyclic) bond motifs is 1. The lowest BCUT2D eigenvalue weighted by atomic mass is 10.1. The Morgan fingerprint density at radius 3 is 2.76 bits per heavy atom. The van der Waals surface area contributed by atoms with Crippen molar-refractivity contribution < 1.29 is 9.50 Å². The molecular weight excluding hydrogens is 267 g/mol. The Bertz CT molecular complexity index is 780. The van der Waals surface area contributed by atoms with Crippen LogP contribution >= 0.6 is 0 Å². The minimum Gasteiger partial charge on any atom is -0.508 e. The summed E-state index contributed by atoms with van der Waals surface area (Å²) >= 11 is 0. The summed E-state index contributed by atoms with van der Waals surface area (Å²) in [4.78, 5) is 4.65. The lowest BCUT2D eigenvalue weighted by Gasteiger charge is -2.09. The van der Waals surface area contributed by atoms with Gasteiger partial charge in [0.15, 0.2) is 0 Å². The van der Waals surface area contributed by atoms with Crippen molar-refractivity contribution in [1.29, 1.82) is 0 Å². The van der Waals surface area contributed by atoms with E-state index in [0.717, 1.165) is 35.9 Å². The molecule has 0 fully saturated rings. The monoisotopic (exact) mass is 284 g/mol. The SMILES string of the molecule is CCCn1c(Cc2ccc(F)cc2O)nc2ccccc21. The van der Waals surface area contributed by atoms with Crippen LogP contribution < -0.4 is 0 Å². The summed E-state index contributed by atoms with van der Waals surface area (Å²) < 4.78 is 15.2. The van der Waals surface area contributed by atoms with E-state index in [4.69, 9.17) is 0 Å². The van der Waals surface area contributed by atoms with Crippen LogP contribution in [0, 0.1) is 5.82 Å². The molecule has 0 amide bonds. The number of halogens is 1. The van der Waals surface area contributed by atoms with Crippen molar-refractivity contribution in [3.8, 4) is 5.75 Å². The zero-order valence-corrected chi connectivity index (χ0v) is 11.9. The quantitative estimate of drug-likeness (QED) is 0.789. The summed E-state index contributed by atoms with van der Waals surface area (Å²) in [6.45, 7) is 2.99. The van der Waals surface area contributed by atoms with Crippen LogP contribution in [0.1, 0.15) is 24.7 Å². The Labute approximate surface area is 122 Å². The minimum atomic E-state index is -0.432. The standard InChI is InChI=1S/C17H17FN2O/c1-2-9-20-15-6-4-3-5-14(15)19-17(20)10-12-7-8-13(18)11-16(12)21/h3-8,11,21H,2,9-10H2,1H3. The molecule has 1 N–H and O–H groups in total. The van der Waals surface area contributed by atoms with Crippen LogP contribution in [-0.2, 0) is 13.0 Å². The maximum atomic E-state index is 13.1. The Kier molecular flexibility index (Phi) is 3.60. The van der Waals surface area contributed by atoms with Gasteiger partial charge in [-0.15, -0.1) is 0 Å². The highest BCUT2D eigenvalue weighted by Gasteiger charge is 2.12. The number of aryl methyl sites for hydroxylation is 1. The fourth-order valence-electron chi connectivity index (χ4n) is 2.59. The smallest absolute Gasteiger partial charge is 0.126 e. The van der Waals surface area contributed by atoms with Crippen LogP contribution in [0.2, 0.25) is 0 Å². The average Bonchev–Trinajstić information content (AvgIpc) is 2.81. The molecule has 0 aliphatic carbocycles. The third-order valence-electron chi connectivity index (χ3n) is 3.58. The number of hydrogen-bond acceptors (Lipinski definition) is 2. The lowest BCUT2D eigenvalue weighted by molar-refractivity contribution is 0.462. The van der Waals surface area contributed by atoms with Crippen molar-refractivity contribution in [2.45, 2.75) is 26.3 Å². The second-order valence-corrected chi connectivity index (χ2v) is 5.12. The van der Waals surface area contributed by atoms with Crippen LogP contribution in [0.25, 0.3) is 11.0 Å². The first-order valence-corrected chi connectivity index (χ1v) is 7.10. The topological polar surface area (TPSA) is 38.0 Å². The van der Waals surface area contributed by atoms with Gasteiger partial charge in [0.25, 0.3) is 0 Å². The fourth-order valence-corrected chi connectivity index (χ4v) is 2.59. The third kappa shape index (κ3) is 2.61. The largest absolute Gasteiger partial charge is 0.508 e. The maximum Gasteiger partial charge on any atom is 0.126 e. The van der Waals surface area contributed by atoms with Crippen LogP contribution in [-0.4, -0.2) is 14.7 Å². The predicted molar refractivity (Wildman–Crippen MR) is 80.9 cm³/mol. The van der Waals surface area contributed by atoms with Gasteiger partial charge in [-0.05, 0) is 24.6 Å². The van der Waals surface area contributed by atoms with Crippen LogP contribution in [0.3, 0.4) is 0 Å². The molecule has 3 aromatic rings. The van der Waals surface area contributed by atoms with E-state index in [1.54, 1.807) is 6.07 Å². The minimum absolute atomic E-state index is 0.0231. The van der Waals surface area contributed by atoms with Crippen molar-refractivity contribution in [3.05, 3.63) is 59.7 Å². The molecule has 1 heterocycles. The summed E-state index contributed by atoms with van der Waals surface area (Å²) in [5.74, 6) is 0.434. The van der Waals surface area contributed by atoms with Gasteiger partial charge in [0.2, 0.25) is 0 Å². The van der Waals surface area contributed by atoms with Crippen molar-refractivity contribution >= 4 is 11.0 Å². The number of hydrogen-bond donors (Lipinski definition) is 1. The van der Waals surface area contributed by atoms with E-state index in [9.17, 15) is 9.50 Å². The third-order valence-corrected chi connectivity index (χ3v) is 3.58. The first kappa shape index (κ1) is 13.6. The number of aromatic nitrogens is 2. The molecule has 0 atom stereocenters. The van der Waals surface area contributed by atoms with E-state index in [1.807, 2.05) is 24.3 Å². The molecule has 1 aromatic heterocycles. The highest BCUT2D eigenvalue weighted by Crippen LogP contribution is 2.24. The van der Waals surface area contributed by atoms with Crippen LogP contribution in [0.5, 0.6) is 5.75 Å². The molecule has 0 saturated carbocycles. The van der Waals surface area contributed by atoms with Crippen molar-refractivity contribution in [3.63, 3.8) is 0 Å². The normalized spacial score (nSPS) is 11.1. The summed E-state index contributed by atoms with van der Waals surface area (Å²) in [6.07, 6.45) is 1.49. The van der Waals surface area contributed by atoms with Gasteiger partial charge in [-0.1, -0.05) is 25.1 Å². The number of phenols is 1. The molecule has 0 unspecified atom stereocenters. The van der Waals surface area contributed by atoms with Gasteiger partial charge in [-0.2, -0.15) is 0 Å². The Morgan fingerprint density at radius 2 is 2.00 bits per heavy atom. The van der Waals surface area contributed by atoms with Crippen LogP contribution in [0.4, 0.5) is 4.39 Å². The molecular formula is C17H17FN2O. The maximum absolute atomic E-state index is 13.1. The Morgan fingerprint density at radius 1 is 1.19 bits per heavy atom. The number of nitrogens with zero attached hydrogens (tertiary/aromatic N) is 2. The number of rotatable bonds is 4. The molecule has 0 bridgehead atoms. The van der Waals surface area contributed by atoms with E-state index < -0.39 is 5.82 Å². The molecule has 21 heavy (non-hydrogen) atoms. The Hall–Kier alpha value is -2.36. The van der Waals surface area contributed by atoms with E-state index in [-0.39, 0.29) is 5.75 Å². The predicted octanol–water partition coefficient (Wildman–Crippen LogP) is 3.88. The molecule has 108 valence electrons. The van der Waals surface area contributed by atoms with Gasteiger partial charge >= 0.3 is 0 Å². The van der Waals surface area contributed by atoms with Crippen molar-refractivity contribution in [2.24, 2.45) is 0 Å². The van der Waals surface area contributed by atoms with E-state index in [0.29, 0.717) is 12.0 Å². The molecule has 3 nitrogen and oxygen atoms in total. The molecule has 0 aliphatic heterocycles. The fraction of sp³-hybridized carbons (Fsp3) is 0.235. The number of imidazole rings is 1. The van der Waals surface area contributed by atoms with Crippen molar-refractivity contribution in [2.75, 3.05) is 0 Å². The zero-order chi connectivity index (χ0) is 14.8. The molecule has 0 spiro atoms. The van der Waals surface area contributed by atoms with E-state index >= 15 is 0 Å². The molecule has 0 saturated heterocycles. The molecule has 3 rings (SSSR count). The second-order valence-electron chi connectivity index (χ2n) is 5.12. The number of benzene rings is 2. The zero-order valence-electron chi connectivity index (χ0n) is 11.9. The number of aromatic hydroxyl groups is 1. The number of para-hydroxylation sites is 2. The van der Waals surface area contributed by atoms with Gasteiger partial charge in [-0.25, -0.2) is 9.37 Å². The van der Waals surface area contributed by atoms with Crippen molar-refractivity contribution in [1.82, 2.24) is 9.55 Å². The Balaban J connectivity index is 2.05. The van der Waals surface area contributed by atoms with E-state index in [1.165, 1.54) is 6.07 Å². The summed E-state index contributed by atoms with van der Waals surface area (Å²) in [5, 5.41) is 9.87. The highest BCUT2D eigenvalue weighted by molar-refractivity contribution is 5.76. The first-order chi connectivity index (χ1) is 10.2. The van der Waals surface area contributed by atoms with Gasteiger partial charge in [-0.3, -0.25) is 0 Å². The molecule has 0 radical (unpaired) electrons. The lowest BCUT2D eigenvalue weighted by Crippen LogP contribution is -2.04. The first-order valence-electron chi connectivity index (χ1n) is 7.10. The average molecular weight is 284 g/mol. The molecule has 0 aliphatic rings. The molecule has 4 heteroatoms. The van der Waals surface area contributed by atoms with Gasteiger partial charge in [0, 0.05) is 24.6 Å². The summed E-state index contributed by atoms with van der Waals surface area (Å²) in [7, 11) is 0. The summed E-state index contributed by atoms with van der Waals surface area (Å²) in [5.41, 5.74) is 2.72. The van der Waals surface area contributed by atoms with E-state index in [2.05, 4.69) is 16.5 Å². The van der Waals surface area contributed by atoms with Gasteiger partial charge in [0.1, 0.15) is 17.4 Å². The number of phenolic OH excluding ortho intramolecular Hbond substituents is 1. The van der Waals surface area contributed by atoms with Gasteiger partial charge in [0.05, 0.1) is 11.0 Å².